The lowest BCUT2D eigenvalue weighted by Crippen LogP contribution is -2.42. The van der Waals surface area contributed by atoms with Gasteiger partial charge in [0.25, 0.3) is 11.5 Å². The number of nitro groups is 1. The average molecular weight is 389 g/mol. The number of hydrogen-bond acceptors (Lipinski definition) is 7. The van der Waals surface area contributed by atoms with Gasteiger partial charge in [-0.2, -0.15) is 0 Å². The molecule has 1 aromatic rings. The summed E-state index contributed by atoms with van der Waals surface area (Å²) in [6.45, 7) is 2.78. The first kappa shape index (κ1) is 16.9. The first-order chi connectivity index (χ1) is 10.6. The van der Waals surface area contributed by atoms with Gasteiger partial charge < -0.3 is 14.8 Å². The lowest BCUT2D eigenvalue weighted by Gasteiger charge is -2.29. The fraction of sp³-hybridized carbons (Fsp3) is 0.231. The summed E-state index contributed by atoms with van der Waals surface area (Å²) in [5.74, 6) is -4.18. The molecule has 0 aliphatic carbocycles. The monoisotopic (exact) mass is 388 g/mol. The van der Waals surface area contributed by atoms with Crippen LogP contribution in [0.4, 0.5) is 15.8 Å². The van der Waals surface area contributed by atoms with Crippen molar-refractivity contribution in [2.45, 2.75) is 19.6 Å². The lowest BCUT2D eigenvalue weighted by atomic mass is 10.2. The van der Waals surface area contributed by atoms with Crippen LogP contribution >= 0.6 is 15.9 Å². The molecule has 0 unspecified atom stereocenters. The number of hydrogen-bond donors (Lipinski definition) is 1. The number of esters is 2. The van der Waals surface area contributed by atoms with Gasteiger partial charge in [0.1, 0.15) is 0 Å². The molecule has 1 N–H and O–H groups in total. The molecule has 0 spiro atoms. The second kappa shape index (κ2) is 5.95. The van der Waals surface area contributed by atoms with Crippen molar-refractivity contribution in [1.82, 2.24) is 0 Å². The number of carbonyl (C=O) groups excluding carboxylic acids is 2. The van der Waals surface area contributed by atoms with E-state index < -0.39 is 39.7 Å². The van der Waals surface area contributed by atoms with Crippen molar-refractivity contribution in [3.63, 3.8) is 0 Å². The Labute approximate surface area is 137 Å². The lowest BCUT2D eigenvalue weighted by molar-refractivity contribution is -0.385. The number of carbonyl (C=O) groups is 2. The number of halogens is 2. The molecule has 8 nitrogen and oxygen atoms in total. The van der Waals surface area contributed by atoms with Gasteiger partial charge in [0, 0.05) is 20.0 Å². The van der Waals surface area contributed by atoms with Crippen LogP contribution in [0.25, 0.3) is 0 Å². The Morgan fingerprint density at radius 3 is 2.39 bits per heavy atom. The zero-order valence-corrected chi connectivity index (χ0v) is 13.5. The van der Waals surface area contributed by atoms with Crippen LogP contribution in [-0.2, 0) is 19.1 Å². The van der Waals surface area contributed by atoms with E-state index in [1.807, 2.05) is 0 Å². The van der Waals surface area contributed by atoms with Gasteiger partial charge in [0.2, 0.25) is 0 Å². The van der Waals surface area contributed by atoms with Gasteiger partial charge in [-0.15, -0.1) is 0 Å². The molecular formula is C13H10BrFN2O6. The number of nitro benzene ring substituents is 1. The molecule has 0 amide bonds. The zero-order chi connectivity index (χ0) is 17.4. The van der Waals surface area contributed by atoms with Crippen molar-refractivity contribution in [2.24, 2.45) is 0 Å². The molecule has 0 bridgehead atoms. The molecule has 0 aromatic heterocycles. The quantitative estimate of drug-likeness (QED) is 0.278. The summed E-state index contributed by atoms with van der Waals surface area (Å²) >= 11 is 2.93. The second-order valence-electron chi connectivity index (χ2n) is 4.92. The number of anilines is 1. The van der Waals surface area contributed by atoms with E-state index in [4.69, 9.17) is 9.47 Å². The predicted molar refractivity (Wildman–Crippen MR) is 78.7 cm³/mol. The molecule has 0 saturated carbocycles. The summed E-state index contributed by atoms with van der Waals surface area (Å²) in [5, 5.41) is 13.1. The Kier molecular flexibility index (Phi) is 4.37. The van der Waals surface area contributed by atoms with Crippen LogP contribution in [-0.4, -0.2) is 22.6 Å². The van der Waals surface area contributed by atoms with Gasteiger partial charge in [-0.05, 0) is 22.0 Å². The summed E-state index contributed by atoms with van der Waals surface area (Å²) in [7, 11) is 0. The van der Waals surface area contributed by atoms with E-state index in [2.05, 4.69) is 21.2 Å². The van der Waals surface area contributed by atoms with Gasteiger partial charge in [0.15, 0.2) is 11.4 Å². The third kappa shape index (κ3) is 3.65. The number of benzene rings is 1. The van der Waals surface area contributed by atoms with Crippen LogP contribution in [0.5, 0.6) is 0 Å². The Bertz CT molecular complexity index is 724. The molecule has 1 heterocycles. The Hall–Kier alpha value is -2.49. The molecule has 23 heavy (non-hydrogen) atoms. The van der Waals surface area contributed by atoms with E-state index in [0.717, 1.165) is 12.3 Å². The van der Waals surface area contributed by atoms with Crippen LogP contribution in [0.3, 0.4) is 0 Å². The van der Waals surface area contributed by atoms with E-state index >= 15 is 0 Å². The van der Waals surface area contributed by atoms with Crippen LogP contribution in [0, 0.1) is 15.9 Å². The van der Waals surface area contributed by atoms with Crippen molar-refractivity contribution in [2.75, 3.05) is 5.32 Å². The number of rotatable bonds is 3. The maximum Gasteiger partial charge on any atom is 0.350 e. The van der Waals surface area contributed by atoms with Crippen molar-refractivity contribution < 1.29 is 28.4 Å². The summed E-state index contributed by atoms with van der Waals surface area (Å²) in [5.41, 5.74) is -1.10. The third-order valence-electron chi connectivity index (χ3n) is 2.72. The third-order valence-corrected chi connectivity index (χ3v) is 3.36. The molecule has 0 radical (unpaired) electrons. The minimum atomic E-state index is -1.38. The Morgan fingerprint density at radius 1 is 1.30 bits per heavy atom. The standard InChI is InChI=1S/C13H10BrFN2O6/c1-13(2)22-11(18)6(12(19)23-13)5-16-9-3-7(14)10(17(20)21)4-8(9)15/h3-5,16H,1-2H3. The van der Waals surface area contributed by atoms with Gasteiger partial charge in [-0.25, -0.2) is 14.0 Å². The van der Waals surface area contributed by atoms with Crippen molar-refractivity contribution in [3.8, 4) is 0 Å². The number of nitrogens with zero attached hydrogens (tertiary/aromatic N) is 1. The maximum atomic E-state index is 13.8. The summed E-state index contributed by atoms with van der Waals surface area (Å²) in [6.07, 6.45) is 0.913. The minimum Gasteiger partial charge on any atom is -0.419 e. The molecule has 1 saturated heterocycles. The smallest absolute Gasteiger partial charge is 0.350 e. The zero-order valence-electron chi connectivity index (χ0n) is 11.9. The van der Waals surface area contributed by atoms with E-state index in [1.165, 1.54) is 13.8 Å². The van der Waals surface area contributed by atoms with Crippen molar-refractivity contribution in [3.05, 3.63) is 44.3 Å². The highest BCUT2D eigenvalue weighted by molar-refractivity contribution is 9.10. The van der Waals surface area contributed by atoms with Gasteiger partial charge in [0.05, 0.1) is 21.1 Å². The topological polar surface area (TPSA) is 108 Å². The van der Waals surface area contributed by atoms with Crippen molar-refractivity contribution >= 4 is 39.2 Å². The van der Waals surface area contributed by atoms with E-state index in [-0.39, 0.29) is 10.2 Å². The maximum absolute atomic E-state index is 13.8. The molecular weight excluding hydrogens is 379 g/mol. The second-order valence-corrected chi connectivity index (χ2v) is 5.78. The number of ether oxygens (including phenoxy) is 2. The van der Waals surface area contributed by atoms with E-state index in [0.29, 0.717) is 6.07 Å². The number of cyclic esters (lactones) is 2. The Balaban J connectivity index is 2.27. The van der Waals surface area contributed by atoms with Crippen LogP contribution < -0.4 is 5.32 Å². The fourth-order valence-corrected chi connectivity index (χ4v) is 2.20. The van der Waals surface area contributed by atoms with Gasteiger partial charge in [-0.3, -0.25) is 10.1 Å². The fourth-order valence-electron chi connectivity index (χ4n) is 1.72. The predicted octanol–water partition coefficient (Wildman–Crippen LogP) is 2.63. The summed E-state index contributed by atoms with van der Waals surface area (Å²) in [4.78, 5) is 33.4. The molecule has 122 valence electrons. The normalized spacial score (nSPS) is 16.4. The van der Waals surface area contributed by atoms with Crippen LogP contribution in [0.1, 0.15) is 13.8 Å². The number of nitrogens with one attached hydrogen (secondary N) is 1. The highest BCUT2D eigenvalue weighted by Gasteiger charge is 2.39. The van der Waals surface area contributed by atoms with E-state index in [9.17, 15) is 24.1 Å². The van der Waals surface area contributed by atoms with Gasteiger partial charge in [-0.1, -0.05) is 0 Å². The first-order valence-electron chi connectivity index (χ1n) is 6.17. The minimum absolute atomic E-state index is 0.0275. The largest absolute Gasteiger partial charge is 0.419 e. The Morgan fingerprint density at radius 2 is 1.87 bits per heavy atom. The molecule has 1 aromatic carbocycles. The average Bonchev–Trinajstić information content (AvgIpc) is 2.39. The van der Waals surface area contributed by atoms with Gasteiger partial charge >= 0.3 is 11.9 Å². The highest BCUT2D eigenvalue weighted by Crippen LogP contribution is 2.31. The van der Waals surface area contributed by atoms with Crippen LogP contribution in [0.2, 0.25) is 0 Å². The molecule has 1 fully saturated rings. The highest BCUT2D eigenvalue weighted by atomic mass is 79.9. The van der Waals surface area contributed by atoms with Crippen LogP contribution in [0.15, 0.2) is 28.4 Å². The van der Waals surface area contributed by atoms with E-state index in [1.54, 1.807) is 0 Å². The molecule has 1 aliphatic heterocycles. The summed E-state index contributed by atoms with van der Waals surface area (Å²) in [6, 6.07) is 1.81. The first-order valence-corrected chi connectivity index (χ1v) is 6.97. The molecule has 1 aliphatic rings. The molecule has 0 atom stereocenters. The van der Waals surface area contributed by atoms with Crippen molar-refractivity contribution in [1.29, 1.82) is 0 Å². The SMILES string of the molecule is CC1(C)OC(=O)C(=CNc2cc(Br)c([N+](=O)[O-])cc2F)C(=O)O1. The molecule has 2 rings (SSSR count). The summed E-state index contributed by atoms with van der Waals surface area (Å²) < 4.78 is 23.6. The molecule has 10 heteroatoms.